The molecule has 1 aromatic rings. The van der Waals surface area contributed by atoms with Crippen molar-refractivity contribution in [3.05, 3.63) is 32.1 Å². The summed E-state index contributed by atoms with van der Waals surface area (Å²) in [7, 11) is -4.85. The number of carbonyl (C=O) groups excluding carboxylic acids is 2. The van der Waals surface area contributed by atoms with E-state index in [1.165, 1.54) is 27.7 Å². The second kappa shape index (κ2) is 13.5. The molecule has 20 heteroatoms. The predicted octanol–water partition coefficient (Wildman–Crippen LogP) is 1.70. The largest absolute Gasteiger partial charge is 0.462 e. The van der Waals surface area contributed by atoms with Gasteiger partial charge in [-0.25, -0.2) is 23.7 Å². The molecule has 0 spiro atoms. The van der Waals surface area contributed by atoms with Crippen molar-refractivity contribution in [2.45, 2.75) is 96.1 Å². The summed E-state index contributed by atoms with van der Waals surface area (Å²) in [6, 6.07) is -2.93. The number of ether oxygens (including phenoxy) is 3. The van der Waals surface area contributed by atoms with Crippen LogP contribution in [0.4, 0.5) is 17.6 Å². The molecule has 1 aromatic heterocycles. The van der Waals surface area contributed by atoms with Crippen LogP contribution >= 0.6 is 19.3 Å². The number of hydrogen-bond donors (Lipinski definition) is 4. The highest BCUT2D eigenvalue weighted by Crippen LogP contribution is 2.52. The van der Waals surface area contributed by atoms with Gasteiger partial charge in [0.1, 0.15) is 17.1 Å². The molecule has 4 N–H and O–H groups in total. The van der Waals surface area contributed by atoms with E-state index in [1.54, 1.807) is 4.98 Å². The summed E-state index contributed by atoms with van der Waals surface area (Å²) >= 11 is 5.59. The molecule has 0 radical (unpaired) electrons. The minimum absolute atomic E-state index is 0.0127. The Morgan fingerprint density at radius 1 is 1.10 bits per heavy atom. The molecule has 42 heavy (non-hydrogen) atoms. The Balaban J connectivity index is 2.48. The summed E-state index contributed by atoms with van der Waals surface area (Å²) in [5, 5.41) is 14.0. The van der Waals surface area contributed by atoms with Crippen molar-refractivity contribution in [2.75, 3.05) is 6.61 Å². The van der Waals surface area contributed by atoms with Crippen molar-refractivity contribution < 1.29 is 55.6 Å². The van der Waals surface area contributed by atoms with Gasteiger partial charge in [0, 0.05) is 6.20 Å². The zero-order chi connectivity index (χ0) is 32.4. The third kappa shape index (κ3) is 7.98. The van der Waals surface area contributed by atoms with Gasteiger partial charge in [-0.05, 0) is 41.5 Å². The highest BCUT2D eigenvalue weighted by molar-refractivity contribution is 7.54. The molecule has 0 unspecified atom stereocenters. The molecular formula is C22H32ClF4N4O10P. The zero-order valence-electron chi connectivity index (χ0n) is 23.2. The lowest BCUT2D eigenvalue weighted by molar-refractivity contribution is -0.192. The number of carbonyl (C=O) groups is 2. The number of aliphatic hydroxyl groups excluding tert-OH is 1. The fraction of sp³-hybridized carbons (Fsp3) is 0.727. The molecule has 1 saturated heterocycles. The number of hydrogen-bond acceptors (Lipinski definition) is 10. The van der Waals surface area contributed by atoms with Crippen LogP contribution in [0.2, 0.25) is 5.02 Å². The Labute approximate surface area is 241 Å². The van der Waals surface area contributed by atoms with Crippen LogP contribution in [0.5, 0.6) is 0 Å². The number of rotatable bonds is 13. The van der Waals surface area contributed by atoms with Crippen molar-refractivity contribution in [3.63, 3.8) is 0 Å². The fourth-order valence-corrected chi connectivity index (χ4v) is 5.61. The van der Waals surface area contributed by atoms with Gasteiger partial charge >= 0.3 is 31.2 Å². The second-order valence-corrected chi connectivity index (χ2v) is 12.2. The Morgan fingerprint density at radius 3 is 2.00 bits per heavy atom. The van der Waals surface area contributed by atoms with Crippen molar-refractivity contribution in [2.24, 2.45) is 0 Å². The number of nitrogens with one attached hydrogen (secondary N) is 3. The van der Waals surface area contributed by atoms with E-state index in [0.717, 1.165) is 13.8 Å². The number of esters is 2. The predicted molar refractivity (Wildman–Crippen MR) is 137 cm³/mol. The Morgan fingerprint density at radius 2 is 1.57 bits per heavy atom. The van der Waals surface area contributed by atoms with E-state index in [2.05, 4.69) is 10.2 Å². The number of aliphatic hydroxyl groups is 1. The number of nitrogens with zero attached hydrogens (tertiary/aromatic N) is 1. The van der Waals surface area contributed by atoms with E-state index >= 15 is 8.78 Å². The van der Waals surface area contributed by atoms with E-state index in [-0.39, 0.29) is 4.57 Å². The van der Waals surface area contributed by atoms with Crippen LogP contribution in [0.1, 0.15) is 47.8 Å². The van der Waals surface area contributed by atoms with E-state index in [1.807, 2.05) is 0 Å². The quantitative estimate of drug-likeness (QED) is 0.137. The SMILES string of the molecule is CC(C)OC(=O)[C@H](C)NP(=O)(N[C@@H](C)C(=O)OC(C)C)OC[C@@]1(C(F)F)O[C@@H](n2cc(Cl)c(=O)[nH]c2=O)C(F)(F)[C@@H]1O. The van der Waals surface area contributed by atoms with Crippen LogP contribution in [0, 0.1) is 0 Å². The third-order valence-electron chi connectivity index (χ3n) is 5.64. The molecule has 0 bridgehead atoms. The summed E-state index contributed by atoms with van der Waals surface area (Å²) in [5.74, 6) is -6.58. The molecule has 1 aliphatic heterocycles. The average molecular weight is 655 g/mol. The lowest BCUT2D eigenvalue weighted by Crippen LogP contribution is -2.55. The normalized spacial score (nSPS) is 23.8. The smallest absolute Gasteiger partial charge is 0.342 e. The zero-order valence-corrected chi connectivity index (χ0v) is 24.9. The number of H-pyrrole nitrogens is 1. The first-order valence-electron chi connectivity index (χ1n) is 12.4. The van der Waals surface area contributed by atoms with Crippen molar-refractivity contribution in [3.8, 4) is 0 Å². The minimum Gasteiger partial charge on any atom is -0.462 e. The van der Waals surface area contributed by atoms with E-state index in [9.17, 15) is 37.6 Å². The highest BCUT2D eigenvalue weighted by atomic mass is 35.5. The van der Waals surface area contributed by atoms with Gasteiger partial charge in [0.25, 0.3) is 12.0 Å². The molecule has 0 amide bonds. The van der Waals surface area contributed by atoms with E-state index < -0.39 is 97.1 Å². The molecule has 2 rings (SSSR count). The van der Waals surface area contributed by atoms with Gasteiger partial charge in [-0.3, -0.25) is 28.5 Å². The number of aromatic nitrogens is 2. The van der Waals surface area contributed by atoms with Crippen LogP contribution in [-0.4, -0.2) is 81.5 Å². The van der Waals surface area contributed by atoms with Crippen LogP contribution < -0.4 is 21.4 Å². The van der Waals surface area contributed by atoms with Gasteiger partial charge < -0.3 is 23.8 Å². The lowest BCUT2D eigenvalue weighted by Gasteiger charge is -2.33. The lowest BCUT2D eigenvalue weighted by atomic mass is 9.96. The molecule has 0 saturated carbocycles. The maximum atomic E-state index is 15.2. The Bertz CT molecular complexity index is 1280. The first kappa shape index (κ1) is 35.9. The maximum Gasteiger partial charge on any atom is 0.342 e. The highest BCUT2D eigenvalue weighted by Gasteiger charge is 2.71. The van der Waals surface area contributed by atoms with Gasteiger partial charge in [-0.1, -0.05) is 11.6 Å². The minimum atomic E-state index is -4.85. The Kier molecular flexibility index (Phi) is 11.5. The first-order valence-corrected chi connectivity index (χ1v) is 14.4. The molecule has 5 atom stereocenters. The van der Waals surface area contributed by atoms with Crippen LogP contribution in [0.3, 0.4) is 0 Å². The first-order chi connectivity index (χ1) is 19.2. The van der Waals surface area contributed by atoms with E-state index in [4.69, 9.17) is 30.3 Å². The number of halogens is 5. The summed E-state index contributed by atoms with van der Waals surface area (Å²) in [6.07, 6.45) is -11.1. The van der Waals surface area contributed by atoms with Crippen molar-refractivity contribution >= 4 is 31.2 Å². The monoisotopic (exact) mass is 654 g/mol. The molecule has 0 aliphatic carbocycles. The molecule has 1 fully saturated rings. The summed E-state index contributed by atoms with van der Waals surface area (Å²) in [6.45, 7) is 6.59. The summed E-state index contributed by atoms with van der Waals surface area (Å²) < 4.78 is 92.8. The second-order valence-electron chi connectivity index (χ2n) is 9.94. The fourth-order valence-electron chi connectivity index (χ4n) is 3.62. The molecular weight excluding hydrogens is 623 g/mol. The van der Waals surface area contributed by atoms with Crippen molar-refractivity contribution in [1.82, 2.24) is 19.7 Å². The maximum absolute atomic E-state index is 15.2. The average Bonchev–Trinajstić information content (AvgIpc) is 3.05. The third-order valence-corrected chi connectivity index (χ3v) is 7.86. The molecule has 14 nitrogen and oxygen atoms in total. The Hall–Kier alpha value is -2.34. The number of aromatic amines is 1. The van der Waals surface area contributed by atoms with Gasteiger partial charge in [-0.2, -0.15) is 8.78 Å². The molecule has 240 valence electrons. The van der Waals surface area contributed by atoms with Gasteiger partial charge in [-0.15, -0.1) is 0 Å². The molecule has 1 aliphatic rings. The van der Waals surface area contributed by atoms with E-state index in [0.29, 0.717) is 6.20 Å². The summed E-state index contributed by atoms with van der Waals surface area (Å²) in [4.78, 5) is 49.9. The van der Waals surface area contributed by atoms with Gasteiger partial charge in [0.2, 0.25) is 6.23 Å². The van der Waals surface area contributed by atoms with Crippen molar-refractivity contribution in [1.29, 1.82) is 0 Å². The molecule has 2 heterocycles. The van der Waals surface area contributed by atoms with Crippen LogP contribution in [0.25, 0.3) is 0 Å². The topological polar surface area (TPSA) is 187 Å². The number of alkyl halides is 4. The summed E-state index contributed by atoms with van der Waals surface area (Å²) in [5.41, 5.74) is -6.34. The molecule has 0 aromatic carbocycles. The standard InChI is InChI=1S/C22H32ClF4N4O10P/c1-9(2)39-15(33)11(5)29-42(37,30-12(6)16(34)40-10(3)4)38-8-21(18(24)25)17(35)22(26,27)19(41-21)31-7-13(23)14(32)28-20(31)36/h7,9-12,17-19,35H,8H2,1-6H3,(H,28,32,36)(H2,29,30,37)/t11-,12-,17+,19+,21+/m0/s1. The van der Waals surface area contributed by atoms with Crippen LogP contribution in [-0.2, 0) is 32.9 Å². The van der Waals surface area contributed by atoms with Gasteiger partial charge in [0.05, 0.1) is 18.8 Å². The van der Waals surface area contributed by atoms with Crippen LogP contribution in [0.15, 0.2) is 15.8 Å². The van der Waals surface area contributed by atoms with Gasteiger partial charge in [0.15, 0.2) is 11.7 Å².